The van der Waals surface area contributed by atoms with Gasteiger partial charge in [0.2, 0.25) is 0 Å². The van der Waals surface area contributed by atoms with Gasteiger partial charge < -0.3 is 4.90 Å². The van der Waals surface area contributed by atoms with Crippen LogP contribution in [0.2, 0.25) is 0 Å². The largest absolute Gasteiger partial charge is 0.327 e. The average molecular weight is 342 g/mol. The first kappa shape index (κ1) is 15.6. The van der Waals surface area contributed by atoms with Gasteiger partial charge >= 0.3 is 0 Å². The fourth-order valence-electron chi connectivity index (χ4n) is 4.25. The zero-order valence-corrected chi connectivity index (χ0v) is 14.8. The molecule has 1 amide bonds. The number of pyridine rings is 1. The Bertz CT molecular complexity index is 977. The molecule has 2 aromatic carbocycles. The molecule has 1 atom stereocenters. The summed E-state index contributed by atoms with van der Waals surface area (Å²) in [6.45, 7) is 0. The van der Waals surface area contributed by atoms with E-state index in [9.17, 15) is 4.79 Å². The Morgan fingerprint density at radius 2 is 1.73 bits per heavy atom. The topological polar surface area (TPSA) is 33.2 Å². The second kappa shape index (κ2) is 6.24. The summed E-state index contributed by atoms with van der Waals surface area (Å²) < 4.78 is 0. The van der Waals surface area contributed by atoms with Crippen LogP contribution in [-0.4, -0.2) is 21.8 Å². The summed E-state index contributed by atoms with van der Waals surface area (Å²) in [6.07, 6.45) is 5.53. The molecule has 5 rings (SSSR count). The van der Waals surface area contributed by atoms with Crippen LogP contribution in [0, 0.1) is 0 Å². The van der Waals surface area contributed by atoms with Crippen molar-refractivity contribution in [2.75, 3.05) is 0 Å². The monoisotopic (exact) mass is 342 g/mol. The molecule has 2 aliphatic rings. The zero-order chi connectivity index (χ0) is 17.5. The summed E-state index contributed by atoms with van der Waals surface area (Å²) in [5, 5.41) is 1.07. The Hall–Kier alpha value is -2.68. The smallest absolute Gasteiger partial charge is 0.273 e. The molecule has 0 N–H and O–H groups in total. The van der Waals surface area contributed by atoms with Gasteiger partial charge in [0.05, 0.1) is 11.6 Å². The zero-order valence-electron chi connectivity index (χ0n) is 14.8. The Morgan fingerprint density at radius 1 is 0.923 bits per heavy atom. The van der Waals surface area contributed by atoms with Crippen molar-refractivity contribution < 1.29 is 4.79 Å². The van der Waals surface area contributed by atoms with Crippen molar-refractivity contribution >= 4 is 16.8 Å². The fraction of sp³-hybridized carbons (Fsp3) is 0.304. The SMILES string of the molecule is O=C(c1ccc2ccccc2n1)N(C1CC1)C1CCCc2ccccc21. The molecule has 1 fully saturated rings. The summed E-state index contributed by atoms with van der Waals surface area (Å²) in [7, 11) is 0. The van der Waals surface area contributed by atoms with Crippen molar-refractivity contribution in [3.05, 3.63) is 77.5 Å². The predicted octanol–water partition coefficient (Wildman–Crippen LogP) is 4.92. The number of carbonyl (C=O) groups is 1. The van der Waals surface area contributed by atoms with Gasteiger partial charge in [0, 0.05) is 11.4 Å². The van der Waals surface area contributed by atoms with E-state index in [1.165, 1.54) is 11.1 Å². The standard InChI is InChI=1S/C23H22N2O/c26-23(21-15-12-17-7-2-4-10-20(17)24-21)25(18-13-14-18)22-11-5-8-16-6-1-3-9-19(16)22/h1-4,6-7,9-10,12,15,18,22H,5,8,11,13-14H2. The van der Waals surface area contributed by atoms with Crippen molar-refractivity contribution in [1.82, 2.24) is 9.88 Å². The first-order valence-electron chi connectivity index (χ1n) is 9.57. The minimum absolute atomic E-state index is 0.0833. The number of hydrogen-bond acceptors (Lipinski definition) is 2. The van der Waals surface area contributed by atoms with Gasteiger partial charge in [0.1, 0.15) is 5.69 Å². The fourth-order valence-corrected chi connectivity index (χ4v) is 4.25. The Morgan fingerprint density at radius 3 is 2.62 bits per heavy atom. The molecule has 1 aromatic heterocycles. The van der Waals surface area contributed by atoms with Crippen LogP contribution in [0.5, 0.6) is 0 Å². The van der Waals surface area contributed by atoms with Gasteiger partial charge in [-0.3, -0.25) is 4.79 Å². The number of carbonyl (C=O) groups excluding carboxylic acids is 1. The van der Waals surface area contributed by atoms with Crippen LogP contribution in [0.25, 0.3) is 10.9 Å². The van der Waals surface area contributed by atoms with Gasteiger partial charge in [0.15, 0.2) is 0 Å². The molecule has 3 aromatic rings. The number of para-hydroxylation sites is 1. The third kappa shape index (κ3) is 2.68. The molecule has 1 unspecified atom stereocenters. The number of nitrogens with zero attached hydrogens (tertiary/aromatic N) is 2. The highest BCUT2D eigenvalue weighted by molar-refractivity contribution is 5.95. The lowest BCUT2D eigenvalue weighted by atomic mass is 9.86. The first-order valence-corrected chi connectivity index (χ1v) is 9.57. The second-order valence-electron chi connectivity index (χ2n) is 7.44. The number of amides is 1. The number of rotatable bonds is 3. The van der Waals surface area contributed by atoms with E-state index in [2.05, 4.69) is 34.1 Å². The number of benzene rings is 2. The molecule has 2 aliphatic carbocycles. The van der Waals surface area contributed by atoms with E-state index in [1.54, 1.807) is 0 Å². The third-order valence-electron chi connectivity index (χ3n) is 5.67. The number of fused-ring (bicyclic) bond motifs is 2. The number of aryl methyl sites for hydroxylation is 1. The Balaban J connectivity index is 1.54. The van der Waals surface area contributed by atoms with Gasteiger partial charge in [-0.2, -0.15) is 0 Å². The highest BCUT2D eigenvalue weighted by Gasteiger charge is 2.40. The van der Waals surface area contributed by atoms with E-state index in [-0.39, 0.29) is 11.9 Å². The van der Waals surface area contributed by atoms with Gasteiger partial charge in [-0.15, -0.1) is 0 Å². The lowest BCUT2D eigenvalue weighted by Gasteiger charge is -2.36. The van der Waals surface area contributed by atoms with E-state index in [1.807, 2.05) is 36.4 Å². The maximum Gasteiger partial charge on any atom is 0.273 e. The van der Waals surface area contributed by atoms with Crippen LogP contribution in [0.4, 0.5) is 0 Å². The van der Waals surface area contributed by atoms with Crippen molar-refractivity contribution in [1.29, 1.82) is 0 Å². The molecular formula is C23H22N2O. The maximum absolute atomic E-state index is 13.4. The second-order valence-corrected chi connectivity index (χ2v) is 7.44. The van der Waals surface area contributed by atoms with Crippen LogP contribution in [-0.2, 0) is 6.42 Å². The quantitative estimate of drug-likeness (QED) is 0.677. The van der Waals surface area contributed by atoms with E-state index >= 15 is 0 Å². The lowest BCUT2D eigenvalue weighted by Crippen LogP contribution is -2.38. The van der Waals surface area contributed by atoms with Crippen LogP contribution in [0.3, 0.4) is 0 Å². The summed E-state index contributed by atoms with van der Waals surface area (Å²) in [5.74, 6) is 0.0833. The van der Waals surface area contributed by atoms with Crippen LogP contribution >= 0.6 is 0 Å². The van der Waals surface area contributed by atoms with Gasteiger partial charge in [-0.1, -0.05) is 48.5 Å². The minimum Gasteiger partial charge on any atom is -0.327 e. The normalized spacial score (nSPS) is 19.2. The molecule has 0 radical (unpaired) electrons. The molecular weight excluding hydrogens is 320 g/mol. The molecule has 0 saturated heterocycles. The summed E-state index contributed by atoms with van der Waals surface area (Å²) in [5.41, 5.74) is 4.19. The molecule has 26 heavy (non-hydrogen) atoms. The lowest BCUT2D eigenvalue weighted by molar-refractivity contribution is 0.0632. The van der Waals surface area contributed by atoms with Gasteiger partial charge in [-0.25, -0.2) is 4.98 Å². The highest BCUT2D eigenvalue weighted by Crippen LogP contribution is 2.41. The number of aromatic nitrogens is 1. The van der Waals surface area contributed by atoms with Crippen LogP contribution in [0.15, 0.2) is 60.7 Å². The number of hydrogen-bond donors (Lipinski definition) is 0. The highest BCUT2D eigenvalue weighted by atomic mass is 16.2. The van der Waals surface area contributed by atoms with Crippen molar-refractivity contribution in [2.45, 2.75) is 44.2 Å². The van der Waals surface area contributed by atoms with E-state index in [0.717, 1.165) is 43.0 Å². The van der Waals surface area contributed by atoms with Gasteiger partial charge in [0.25, 0.3) is 5.91 Å². The van der Waals surface area contributed by atoms with Crippen molar-refractivity contribution in [3.63, 3.8) is 0 Å². The maximum atomic E-state index is 13.4. The summed E-state index contributed by atoms with van der Waals surface area (Å²) >= 11 is 0. The molecule has 0 bridgehead atoms. The molecule has 1 heterocycles. The molecule has 0 aliphatic heterocycles. The third-order valence-corrected chi connectivity index (χ3v) is 5.67. The predicted molar refractivity (Wildman–Crippen MR) is 103 cm³/mol. The molecule has 1 saturated carbocycles. The molecule has 3 heteroatoms. The van der Waals surface area contributed by atoms with Crippen molar-refractivity contribution in [2.24, 2.45) is 0 Å². The molecule has 3 nitrogen and oxygen atoms in total. The van der Waals surface area contributed by atoms with E-state index in [4.69, 9.17) is 0 Å². The molecule has 130 valence electrons. The summed E-state index contributed by atoms with van der Waals surface area (Å²) in [6, 6.07) is 21.1. The van der Waals surface area contributed by atoms with Crippen molar-refractivity contribution in [3.8, 4) is 0 Å². The van der Waals surface area contributed by atoms with E-state index < -0.39 is 0 Å². The summed E-state index contributed by atoms with van der Waals surface area (Å²) in [4.78, 5) is 20.2. The Labute approximate surface area is 153 Å². The van der Waals surface area contributed by atoms with Crippen LogP contribution < -0.4 is 0 Å². The average Bonchev–Trinajstić information content (AvgIpc) is 3.53. The van der Waals surface area contributed by atoms with Gasteiger partial charge in [-0.05, 0) is 55.4 Å². The Kier molecular flexibility index (Phi) is 3.74. The van der Waals surface area contributed by atoms with Crippen LogP contribution in [0.1, 0.15) is 53.3 Å². The molecule has 0 spiro atoms. The first-order chi connectivity index (χ1) is 12.8. The van der Waals surface area contributed by atoms with E-state index in [0.29, 0.717) is 11.7 Å². The minimum atomic E-state index is 0.0833.